The first-order valence-corrected chi connectivity index (χ1v) is 12.1. The first kappa shape index (κ1) is 22.3. The summed E-state index contributed by atoms with van der Waals surface area (Å²) in [4.78, 5) is 28.2. The summed E-state index contributed by atoms with van der Waals surface area (Å²) in [7, 11) is 1.56. The molecule has 4 rings (SSSR count). The normalized spacial score (nSPS) is 13.8. The Morgan fingerprint density at radius 2 is 1.78 bits per heavy atom. The fourth-order valence-electron chi connectivity index (χ4n) is 4.10. The molecule has 2 amide bonds. The topological polar surface area (TPSA) is 63.6 Å². The molecule has 0 atom stereocenters. The van der Waals surface area contributed by atoms with Crippen molar-refractivity contribution < 1.29 is 14.3 Å². The van der Waals surface area contributed by atoms with Crippen LogP contribution < -0.4 is 10.1 Å². The average molecular weight is 452 g/mol. The van der Waals surface area contributed by atoms with Crippen LogP contribution in [0.5, 0.6) is 5.75 Å². The molecular formula is C25H29N3O3S. The third kappa shape index (κ3) is 5.10. The van der Waals surface area contributed by atoms with Gasteiger partial charge in [-0.05, 0) is 37.5 Å². The van der Waals surface area contributed by atoms with Crippen LogP contribution in [0, 0.1) is 0 Å². The summed E-state index contributed by atoms with van der Waals surface area (Å²) in [6, 6.07) is 15.4. The second kappa shape index (κ2) is 10.6. The monoisotopic (exact) mass is 451 g/mol. The number of para-hydroxylation sites is 2. The van der Waals surface area contributed by atoms with Gasteiger partial charge in [0.25, 0.3) is 5.91 Å². The number of nitrogens with one attached hydrogen (secondary N) is 1. The smallest absolute Gasteiger partial charge is 0.255 e. The van der Waals surface area contributed by atoms with Crippen LogP contribution in [0.1, 0.15) is 29.6 Å². The van der Waals surface area contributed by atoms with Crippen LogP contribution in [0.4, 0.5) is 0 Å². The van der Waals surface area contributed by atoms with Crippen LogP contribution in [0.2, 0.25) is 0 Å². The van der Waals surface area contributed by atoms with Gasteiger partial charge in [0.05, 0.1) is 18.4 Å². The highest BCUT2D eigenvalue weighted by Crippen LogP contribution is 2.30. The third-order valence-electron chi connectivity index (χ3n) is 5.80. The number of likely N-dealkylation sites (tertiary alicyclic amines) is 1. The van der Waals surface area contributed by atoms with Gasteiger partial charge in [0, 0.05) is 48.2 Å². The summed E-state index contributed by atoms with van der Waals surface area (Å²) < 4.78 is 7.43. The zero-order valence-corrected chi connectivity index (χ0v) is 19.2. The largest absolute Gasteiger partial charge is 0.496 e. The first-order valence-electron chi connectivity index (χ1n) is 11.1. The molecule has 0 radical (unpaired) electrons. The third-order valence-corrected chi connectivity index (χ3v) is 6.83. The Kier molecular flexibility index (Phi) is 7.37. The number of fused-ring (bicyclic) bond motifs is 1. The van der Waals surface area contributed by atoms with Gasteiger partial charge in [0.15, 0.2) is 0 Å². The molecule has 1 N–H and O–H groups in total. The summed E-state index contributed by atoms with van der Waals surface area (Å²) in [6.45, 7) is 2.90. The quantitative estimate of drug-likeness (QED) is 0.522. The van der Waals surface area contributed by atoms with Crippen LogP contribution in [-0.2, 0) is 11.3 Å². The van der Waals surface area contributed by atoms with E-state index in [0.717, 1.165) is 41.7 Å². The minimum absolute atomic E-state index is 0.152. The van der Waals surface area contributed by atoms with Gasteiger partial charge in [0.2, 0.25) is 5.91 Å². The summed E-state index contributed by atoms with van der Waals surface area (Å²) in [5.41, 5.74) is 1.63. The van der Waals surface area contributed by atoms with Crippen molar-refractivity contribution >= 4 is 34.5 Å². The Morgan fingerprint density at radius 3 is 2.59 bits per heavy atom. The standard InChI is InChI=1S/C25H29N3O3S/c1-31-22-12-6-4-10-20(22)25(30)26-13-16-28-17-23(19-9-3-5-11-21(19)28)32-18-24(29)27-14-7-2-8-15-27/h3-6,9-12,17H,2,7-8,13-16,18H2,1H3,(H,26,30). The van der Waals surface area contributed by atoms with E-state index in [2.05, 4.69) is 28.2 Å². The van der Waals surface area contributed by atoms with Crippen molar-refractivity contribution in [3.8, 4) is 5.75 Å². The maximum atomic E-state index is 12.6. The lowest BCUT2D eigenvalue weighted by Gasteiger charge is -2.26. The van der Waals surface area contributed by atoms with E-state index in [0.29, 0.717) is 30.2 Å². The van der Waals surface area contributed by atoms with Gasteiger partial charge in [-0.2, -0.15) is 0 Å². The van der Waals surface area contributed by atoms with Crippen molar-refractivity contribution in [2.75, 3.05) is 32.5 Å². The zero-order valence-electron chi connectivity index (χ0n) is 18.4. The molecule has 0 saturated carbocycles. The Morgan fingerprint density at radius 1 is 1.03 bits per heavy atom. The van der Waals surface area contributed by atoms with Crippen LogP contribution >= 0.6 is 11.8 Å². The minimum Gasteiger partial charge on any atom is -0.496 e. The maximum absolute atomic E-state index is 12.6. The Labute approximate surface area is 192 Å². The molecule has 0 bridgehead atoms. The van der Waals surface area contributed by atoms with E-state index in [-0.39, 0.29) is 11.8 Å². The number of nitrogens with zero attached hydrogens (tertiary/aromatic N) is 2. The molecule has 32 heavy (non-hydrogen) atoms. The number of hydrogen-bond donors (Lipinski definition) is 1. The fourth-order valence-corrected chi connectivity index (χ4v) is 5.10. The molecule has 0 spiro atoms. The van der Waals surface area contributed by atoms with E-state index in [1.54, 1.807) is 31.0 Å². The molecule has 7 heteroatoms. The lowest BCUT2D eigenvalue weighted by Crippen LogP contribution is -2.36. The van der Waals surface area contributed by atoms with Crippen molar-refractivity contribution in [2.24, 2.45) is 0 Å². The van der Waals surface area contributed by atoms with Crippen LogP contribution in [0.3, 0.4) is 0 Å². The van der Waals surface area contributed by atoms with Crippen molar-refractivity contribution in [3.63, 3.8) is 0 Å². The molecule has 168 valence electrons. The number of benzene rings is 2. The molecule has 1 fully saturated rings. The van der Waals surface area contributed by atoms with E-state index in [1.807, 2.05) is 29.2 Å². The van der Waals surface area contributed by atoms with Gasteiger partial charge in [0.1, 0.15) is 5.75 Å². The number of ether oxygens (including phenoxy) is 1. The lowest BCUT2D eigenvalue weighted by atomic mass is 10.1. The number of methoxy groups -OCH3 is 1. The van der Waals surface area contributed by atoms with E-state index >= 15 is 0 Å². The second-order valence-electron chi connectivity index (χ2n) is 7.89. The molecule has 0 aliphatic carbocycles. The van der Waals surface area contributed by atoms with E-state index in [1.165, 1.54) is 6.42 Å². The molecule has 2 heterocycles. The van der Waals surface area contributed by atoms with Gasteiger partial charge in [-0.25, -0.2) is 0 Å². The van der Waals surface area contributed by atoms with E-state index in [9.17, 15) is 9.59 Å². The molecule has 1 saturated heterocycles. The molecule has 1 aliphatic rings. The molecule has 6 nitrogen and oxygen atoms in total. The average Bonchev–Trinajstić information content (AvgIpc) is 3.20. The highest BCUT2D eigenvalue weighted by molar-refractivity contribution is 8.00. The molecule has 2 aromatic carbocycles. The SMILES string of the molecule is COc1ccccc1C(=O)NCCn1cc(SCC(=O)N2CCCCC2)c2ccccc21. The lowest BCUT2D eigenvalue weighted by molar-refractivity contribution is -0.129. The highest BCUT2D eigenvalue weighted by atomic mass is 32.2. The van der Waals surface area contributed by atoms with Gasteiger partial charge < -0.3 is 19.5 Å². The van der Waals surface area contributed by atoms with Gasteiger partial charge in [-0.15, -0.1) is 11.8 Å². The number of amides is 2. The molecular weight excluding hydrogens is 422 g/mol. The number of carbonyl (C=O) groups excluding carboxylic acids is 2. The summed E-state index contributed by atoms with van der Waals surface area (Å²) >= 11 is 1.60. The number of aromatic nitrogens is 1. The molecule has 3 aromatic rings. The minimum atomic E-state index is -0.152. The maximum Gasteiger partial charge on any atom is 0.255 e. The summed E-state index contributed by atoms with van der Waals surface area (Å²) in [6.07, 6.45) is 5.53. The Bertz CT molecular complexity index is 1090. The van der Waals surface area contributed by atoms with Crippen LogP contribution in [0.25, 0.3) is 10.9 Å². The van der Waals surface area contributed by atoms with Crippen molar-refractivity contribution in [1.29, 1.82) is 0 Å². The molecule has 1 aromatic heterocycles. The number of piperidine rings is 1. The predicted molar refractivity (Wildman–Crippen MR) is 128 cm³/mol. The van der Waals surface area contributed by atoms with Crippen LogP contribution in [0.15, 0.2) is 59.6 Å². The van der Waals surface area contributed by atoms with Crippen molar-refractivity contribution in [3.05, 3.63) is 60.3 Å². The van der Waals surface area contributed by atoms with E-state index in [4.69, 9.17) is 4.74 Å². The Balaban J connectivity index is 1.40. The second-order valence-corrected chi connectivity index (χ2v) is 8.91. The number of thioether (sulfide) groups is 1. The summed E-state index contributed by atoms with van der Waals surface area (Å²) in [5, 5.41) is 4.12. The molecule has 1 aliphatic heterocycles. The van der Waals surface area contributed by atoms with Crippen molar-refractivity contribution in [2.45, 2.75) is 30.7 Å². The summed E-state index contributed by atoms with van der Waals surface area (Å²) in [5.74, 6) is 1.09. The van der Waals surface area contributed by atoms with Gasteiger partial charge in [-0.1, -0.05) is 30.3 Å². The van der Waals surface area contributed by atoms with Gasteiger partial charge >= 0.3 is 0 Å². The molecule has 0 unspecified atom stereocenters. The number of hydrogen-bond acceptors (Lipinski definition) is 4. The highest BCUT2D eigenvalue weighted by Gasteiger charge is 2.18. The van der Waals surface area contributed by atoms with E-state index < -0.39 is 0 Å². The van der Waals surface area contributed by atoms with Gasteiger partial charge in [-0.3, -0.25) is 9.59 Å². The predicted octanol–water partition coefficient (Wildman–Crippen LogP) is 4.18. The number of carbonyl (C=O) groups is 2. The zero-order chi connectivity index (χ0) is 22.3. The Hall–Kier alpha value is -2.93. The fraction of sp³-hybridized carbons (Fsp3) is 0.360. The van der Waals surface area contributed by atoms with Crippen LogP contribution in [-0.4, -0.2) is 53.8 Å². The first-order chi connectivity index (χ1) is 15.7. The van der Waals surface area contributed by atoms with Crippen molar-refractivity contribution in [1.82, 2.24) is 14.8 Å². The number of rotatable bonds is 8.